The third-order valence-corrected chi connectivity index (χ3v) is 4.90. The summed E-state index contributed by atoms with van der Waals surface area (Å²) in [4.78, 5) is 13.0. The number of carbonyl (C=O) groups excluding carboxylic acids is 1. The summed E-state index contributed by atoms with van der Waals surface area (Å²) in [5.41, 5.74) is 9.54. The van der Waals surface area contributed by atoms with E-state index in [9.17, 15) is 9.90 Å². The van der Waals surface area contributed by atoms with Crippen molar-refractivity contribution in [2.45, 2.75) is 6.92 Å². The van der Waals surface area contributed by atoms with Gasteiger partial charge >= 0.3 is 0 Å². The lowest BCUT2D eigenvalue weighted by Crippen LogP contribution is -2.19. The van der Waals surface area contributed by atoms with Crippen LogP contribution in [0.1, 0.15) is 23.0 Å². The molecule has 1 amide bonds. The van der Waals surface area contributed by atoms with Gasteiger partial charge in [0.05, 0.1) is 27.0 Å². The lowest BCUT2D eigenvalue weighted by Gasteiger charge is -2.09. The van der Waals surface area contributed by atoms with Crippen LogP contribution in [-0.2, 0) is 0 Å². The van der Waals surface area contributed by atoms with Crippen molar-refractivity contribution in [3.05, 3.63) is 47.7 Å². The monoisotopic (exact) mass is 494 g/mol. The summed E-state index contributed by atoms with van der Waals surface area (Å²) >= 11 is 0. The highest BCUT2D eigenvalue weighted by Gasteiger charge is 2.25. The highest BCUT2D eigenvalue weighted by atomic mass is 16.6. The molecule has 0 radical (unpaired) electrons. The molecule has 0 unspecified atom stereocenters. The fourth-order valence-electron chi connectivity index (χ4n) is 3.26. The van der Waals surface area contributed by atoms with Gasteiger partial charge in [0, 0.05) is 11.1 Å². The number of carbonyl (C=O) groups is 1. The fourth-order valence-corrected chi connectivity index (χ4v) is 3.26. The molecule has 0 saturated heterocycles. The zero-order valence-electron chi connectivity index (χ0n) is 19.5. The first-order valence-corrected chi connectivity index (χ1v) is 10.5. The predicted octanol–water partition coefficient (Wildman–Crippen LogP) is 1.78. The third kappa shape index (κ3) is 4.72. The van der Waals surface area contributed by atoms with Crippen LogP contribution in [0.25, 0.3) is 17.1 Å². The van der Waals surface area contributed by atoms with Gasteiger partial charge in [-0.1, -0.05) is 5.21 Å². The zero-order chi connectivity index (χ0) is 25.7. The van der Waals surface area contributed by atoms with Gasteiger partial charge in [-0.05, 0) is 53.6 Å². The summed E-state index contributed by atoms with van der Waals surface area (Å²) in [5.74, 6) is 0.236. The number of aromatic nitrogens is 5. The van der Waals surface area contributed by atoms with Gasteiger partial charge in [-0.2, -0.15) is 9.78 Å². The SMILES string of the molecule is CCOc1ccc(-c2c(C(=O)NN=Cc3cc(OC)c(O)c(OC)c3)nnn2-c2nonc2N)cc1. The summed E-state index contributed by atoms with van der Waals surface area (Å²) in [6.07, 6.45) is 1.35. The number of aromatic hydroxyl groups is 1. The topological polar surface area (TPSA) is 185 Å². The molecule has 14 nitrogen and oxygen atoms in total. The van der Waals surface area contributed by atoms with Crippen molar-refractivity contribution in [1.82, 2.24) is 30.7 Å². The van der Waals surface area contributed by atoms with Crippen LogP contribution in [0, 0.1) is 0 Å². The second-order valence-electron chi connectivity index (χ2n) is 7.10. The number of phenols is 1. The highest BCUT2D eigenvalue weighted by Crippen LogP contribution is 2.36. The molecule has 2 aromatic heterocycles. The smallest absolute Gasteiger partial charge is 0.294 e. The number of nitrogens with zero attached hydrogens (tertiary/aromatic N) is 6. The Labute approximate surface area is 204 Å². The van der Waals surface area contributed by atoms with E-state index in [0.717, 1.165) is 0 Å². The van der Waals surface area contributed by atoms with Gasteiger partial charge in [-0.25, -0.2) is 10.1 Å². The molecule has 186 valence electrons. The maximum absolute atomic E-state index is 13.0. The lowest BCUT2D eigenvalue weighted by molar-refractivity contribution is 0.0950. The number of anilines is 1. The largest absolute Gasteiger partial charge is 0.502 e. The predicted molar refractivity (Wildman–Crippen MR) is 127 cm³/mol. The van der Waals surface area contributed by atoms with E-state index in [1.165, 1.54) is 37.2 Å². The van der Waals surface area contributed by atoms with Gasteiger partial charge in [-0.15, -0.1) is 5.10 Å². The highest BCUT2D eigenvalue weighted by molar-refractivity contribution is 5.99. The third-order valence-electron chi connectivity index (χ3n) is 4.90. The van der Waals surface area contributed by atoms with Crippen LogP contribution in [0.4, 0.5) is 5.82 Å². The van der Waals surface area contributed by atoms with Crippen molar-refractivity contribution in [3.63, 3.8) is 0 Å². The number of methoxy groups -OCH3 is 2. The summed E-state index contributed by atoms with van der Waals surface area (Å²) in [6.45, 7) is 2.38. The van der Waals surface area contributed by atoms with Gasteiger partial charge in [0.1, 0.15) is 11.4 Å². The molecule has 4 aromatic rings. The van der Waals surface area contributed by atoms with Crippen LogP contribution in [0.3, 0.4) is 0 Å². The Kier molecular flexibility index (Phi) is 6.95. The van der Waals surface area contributed by atoms with Crippen molar-refractivity contribution in [2.24, 2.45) is 5.10 Å². The molecule has 2 heterocycles. The lowest BCUT2D eigenvalue weighted by atomic mass is 10.1. The quantitative estimate of drug-likeness (QED) is 0.227. The molecule has 0 bridgehead atoms. The van der Waals surface area contributed by atoms with Crippen LogP contribution in [0.15, 0.2) is 46.1 Å². The second-order valence-corrected chi connectivity index (χ2v) is 7.10. The molecular weight excluding hydrogens is 472 g/mol. The molecule has 0 spiro atoms. The van der Waals surface area contributed by atoms with Crippen molar-refractivity contribution < 1.29 is 28.7 Å². The Morgan fingerprint density at radius 2 is 1.89 bits per heavy atom. The molecule has 0 aliphatic carbocycles. The van der Waals surface area contributed by atoms with Gasteiger partial charge in [0.25, 0.3) is 5.91 Å². The number of nitrogens with one attached hydrogen (secondary N) is 1. The Morgan fingerprint density at radius 1 is 1.19 bits per heavy atom. The number of rotatable bonds is 9. The average Bonchev–Trinajstić information content (AvgIpc) is 3.51. The molecule has 0 fully saturated rings. The van der Waals surface area contributed by atoms with Crippen LogP contribution in [0.2, 0.25) is 0 Å². The fraction of sp³-hybridized carbons (Fsp3) is 0.182. The summed E-state index contributed by atoms with van der Waals surface area (Å²) in [7, 11) is 2.81. The normalized spacial score (nSPS) is 11.0. The second kappa shape index (κ2) is 10.4. The van der Waals surface area contributed by atoms with E-state index in [-0.39, 0.29) is 40.3 Å². The maximum Gasteiger partial charge on any atom is 0.294 e. The van der Waals surface area contributed by atoms with Crippen molar-refractivity contribution in [2.75, 3.05) is 26.6 Å². The van der Waals surface area contributed by atoms with Gasteiger partial charge in [0.2, 0.25) is 17.4 Å². The number of ether oxygens (including phenoxy) is 3. The van der Waals surface area contributed by atoms with Crippen LogP contribution < -0.4 is 25.4 Å². The molecule has 4 N–H and O–H groups in total. The first-order valence-electron chi connectivity index (χ1n) is 10.5. The number of hydrogen-bond donors (Lipinski definition) is 3. The van der Waals surface area contributed by atoms with Crippen LogP contribution in [0.5, 0.6) is 23.0 Å². The van der Waals surface area contributed by atoms with E-state index in [0.29, 0.717) is 23.5 Å². The number of nitrogen functional groups attached to an aromatic ring is 1. The maximum atomic E-state index is 13.0. The molecule has 14 heteroatoms. The molecule has 4 rings (SSSR count). The van der Waals surface area contributed by atoms with E-state index >= 15 is 0 Å². The van der Waals surface area contributed by atoms with E-state index in [1.54, 1.807) is 24.3 Å². The molecule has 0 aliphatic heterocycles. The zero-order valence-corrected chi connectivity index (χ0v) is 19.5. The van der Waals surface area contributed by atoms with E-state index in [2.05, 4.69) is 35.8 Å². The minimum atomic E-state index is -0.658. The van der Waals surface area contributed by atoms with E-state index in [1.807, 2.05) is 6.92 Å². The molecule has 2 aromatic carbocycles. The minimum Gasteiger partial charge on any atom is -0.502 e. The number of hydrogen-bond acceptors (Lipinski definition) is 12. The van der Waals surface area contributed by atoms with Crippen molar-refractivity contribution in [3.8, 4) is 40.1 Å². The average molecular weight is 494 g/mol. The van der Waals surface area contributed by atoms with Crippen LogP contribution >= 0.6 is 0 Å². The number of benzene rings is 2. The van der Waals surface area contributed by atoms with Gasteiger partial charge < -0.3 is 25.1 Å². The van der Waals surface area contributed by atoms with Crippen LogP contribution in [-0.4, -0.2) is 63.4 Å². The first-order chi connectivity index (χ1) is 17.5. The van der Waals surface area contributed by atoms with Crippen molar-refractivity contribution in [1.29, 1.82) is 0 Å². The minimum absolute atomic E-state index is 0.0349. The first kappa shape index (κ1) is 24.0. The summed E-state index contributed by atoms with van der Waals surface area (Å²) < 4.78 is 21.7. The van der Waals surface area contributed by atoms with Crippen molar-refractivity contribution >= 4 is 17.9 Å². The molecule has 36 heavy (non-hydrogen) atoms. The standard InChI is InChI=1S/C22H22N8O6/c1-4-35-14-7-5-13(6-8-14)18-17(25-29-30(18)21-20(23)27-36-28-21)22(32)26-24-11-12-9-15(33-2)19(31)16(10-12)34-3/h5-11,31H,4H2,1-3H3,(H2,23,27)(H,26,32). The van der Waals surface area contributed by atoms with E-state index < -0.39 is 5.91 Å². The Morgan fingerprint density at radius 3 is 2.47 bits per heavy atom. The Balaban J connectivity index is 1.66. The molecule has 0 aliphatic rings. The van der Waals surface area contributed by atoms with E-state index in [4.69, 9.17) is 19.9 Å². The van der Waals surface area contributed by atoms with Gasteiger partial charge in [0.15, 0.2) is 17.2 Å². The number of nitrogens with two attached hydrogens (primary N) is 1. The van der Waals surface area contributed by atoms with Gasteiger partial charge in [-0.3, -0.25) is 4.79 Å². The molecule has 0 saturated carbocycles. The Hall–Kier alpha value is -5.14. The number of amides is 1. The Bertz CT molecular complexity index is 1370. The summed E-state index contributed by atoms with van der Waals surface area (Å²) in [6, 6.07) is 10.0. The molecular formula is C22H22N8O6. The summed E-state index contributed by atoms with van der Waals surface area (Å²) in [5, 5.41) is 29.3. The number of phenolic OH excluding ortho intramolecular Hbond substituents is 1. The number of hydrazone groups is 1. The molecule has 0 atom stereocenters.